The van der Waals surface area contributed by atoms with Crippen LogP contribution >= 0.6 is 0 Å². The van der Waals surface area contributed by atoms with Crippen LogP contribution in [-0.4, -0.2) is 110 Å². The Bertz CT molecular complexity index is 894. The largest absolute Gasteiger partial charge is 0.379 e. The lowest BCUT2D eigenvalue weighted by molar-refractivity contribution is -0.128. The van der Waals surface area contributed by atoms with Crippen molar-refractivity contribution in [2.45, 2.75) is 6.54 Å². The lowest BCUT2D eigenvalue weighted by Crippen LogP contribution is -2.49. The number of aromatic nitrogens is 2. The van der Waals surface area contributed by atoms with Gasteiger partial charge in [0.05, 0.1) is 19.8 Å². The van der Waals surface area contributed by atoms with Gasteiger partial charge in [0.2, 0.25) is 11.9 Å². The smallest absolute Gasteiger partial charge is 0.236 e. The summed E-state index contributed by atoms with van der Waals surface area (Å²) in [5.74, 6) is 0.713. The van der Waals surface area contributed by atoms with Gasteiger partial charge in [-0.1, -0.05) is 18.2 Å². The molecule has 2 aliphatic heterocycles. The van der Waals surface area contributed by atoms with Crippen LogP contribution in [0.5, 0.6) is 0 Å². The van der Waals surface area contributed by atoms with Crippen LogP contribution in [0.2, 0.25) is 0 Å². The second-order valence-corrected chi connectivity index (χ2v) is 8.71. The first-order valence-corrected chi connectivity index (χ1v) is 11.7. The van der Waals surface area contributed by atoms with Gasteiger partial charge in [0.15, 0.2) is 0 Å². The van der Waals surface area contributed by atoms with Crippen molar-refractivity contribution in [2.75, 3.05) is 84.1 Å². The summed E-state index contributed by atoms with van der Waals surface area (Å²) >= 11 is 0. The third-order valence-electron chi connectivity index (χ3n) is 6.41. The molecule has 0 unspecified atom stereocenters. The van der Waals surface area contributed by atoms with E-state index in [1.165, 1.54) is 0 Å². The molecule has 3 heterocycles. The van der Waals surface area contributed by atoms with E-state index in [0.29, 0.717) is 6.54 Å². The molecular weight excluding hydrogens is 418 g/mol. The first-order chi connectivity index (χ1) is 16.1. The highest BCUT2D eigenvalue weighted by atomic mass is 16.5. The van der Waals surface area contributed by atoms with Crippen LogP contribution in [0.4, 0.5) is 5.95 Å². The first kappa shape index (κ1) is 23.6. The molecule has 0 atom stereocenters. The van der Waals surface area contributed by atoms with Crippen molar-refractivity contribution < 1.29 is 9.53 Å². The van der Waals surface area contributed by atoms with Gasteiger partial charge in [-0.25, -0.2) is 9.97 Å². The molecule has 1 amide bonds. The maximum Gasteiger partial charge on any atom is 0.236 e. The zero-order valence-corrected chi connectivity index (χ0v) is 19.5. The Morgan fingerprint density at radius 3 is 2.33 bits per heavy atom. The number of piperazine rings is 1. The number of nitrogens with two attached hydrogens (primary N) is 1. The number of amides is 1. The second kappa shape index (κ2) is 11.5. The lowest BCUT2D eigenvalue weighted by atomic mass is 10.1. The molecule has 0 saturated carbocycles. The van der Waals surface area contributed by atoms with Gasteiger partial charge in [0.25, 0.3) is 0 Å². The summed E-state index contributed by atoms with van der Waals surface area (Å²) in [6.07, 6.45) is 3.78. The fourth-order valence-corrected chi connectivity index (χ4v) is 4.28. The molecule has 178 valence electrons. The zero-order valence-electron chi connectivity index (χ0n) is 19.5. The minimum Gasteiger partial charge on any atom is -0.379 e. The lowest BCUT2D eigenvalue weighted by Gasteiger charge is -2.36. The molecule has 2 fully saturated rings. The number of ether oxygens (including phenoxy) is 1. The van der Waals surface area contributed by atoms with Gasteiger partial charge in [-0.2, -0.15) is 0 Å². The number of carbonyl (C=O) groups excluding carboxylic acids is 1. The predicted octanol–water partition coefficient (Wildman–Crippen LogP) is 0.515. The topological polar surface area (TPSA) is 91.1 Å². The summed E-state index contributed by atoms with van der Waals surface area (Å²) in [6, 6.07) is 8.12. The third-order valence-corrected chi connectivity index (χ3v) is 6.41. The molecule has 2 N–H and O–H groups in total. The third kappa shape index (κ3) is 6.48. The van der Waals surface area contributed by atoms with Gasteiger partial charge in [-0.3, -0.25) is 14.6 Å². The molecule has 2 aliphatic rings. The van der Waals surface area contributed by atoms with E-state index in [1.807, 2.05) is 30.6 Å². The number of hydrogen-bond donors (Lipinski definition) is 1. The Balaban J connectivity index is 1.29. The number of anilines is 1. The molecule has 2 saturated heterocycles. The highest BCUT2D eigenvalue weighted by molar-refractivity contribution is 5.77. The van der Waals surface area contributed by atoms with Gasteiger partial charge >= 0.3 is 0 Å². The molecule has 0 aliphatic carbocycles. The summed E-state index contributed by atoms with van der Waals surface area (Å²) in [5.41, 5.74) is 8.52. The average Bonchev–Trinajstić information content (AvgIpc) is 2.88. The molecular formula is C24H35N7O2. The SMILES string of the molecule is CN(Cc1cccc(-c2cnc(N3CCN(CCN4CCOCC4)CC3)nc2)c1)C(=O)CN. The Kier molecular flexibility index (Phi) is 8.22. The van der Waals surface area contributed by atoms with Crippen LogP contribution in [-0.2, 0) is 16.1 Å². The number of nitrogens with zero attached hydrogens (tertiary/aromatic N) is 6. The van der Waals surface area contributed by atoms with Crippen molar-refractivity contribution in [1.29, 1.82) is 0 Å². The Labute approximate surface area is 196 Å². The maximum atomic E-state index is 11.8. The summed E-state index contributed by atoms with van der Waals surface area (Å²) in [4.78, 5) is 30.0. The van der Waals surface area contributed by atoms with E-state index >= 15 is 0 Å². The molecule has 4 rings (SSSR count). The van der Waals surface area contributed by atoms with Gasteiger partial charge in [-0.05, 0) is 17.2 Å². The second-order valence-electron chi connectivity index (χ2n) is 8.71. The Hall–Kier alpha value is -2.59. The summed E-state index contributed by atoms with van der Waals surface area (Å²) in [7, 11) is 1.77. The van der Waals surface area contributed by atoms with Gasteiger partial charge < -0.3 is 20.3 Å². The van der Waals surface area contributed by atoms with Crippen molar-refractivity contribution in [3.8, 4) is 11.1 Å². The molecule has 33 heavy (non-hydrogen) atoms. The monoisotopic (exact) mass is 453 g/mol. The Morgan fingerprint density at radius 1 is 1.00 bits per heavy atom. The van der Waals surface area contributed by atoms with Crippen molar-refractivity contribution >= 4 is 11.9 Å². The van der Waals surface area contributed by atoms with Gasteiger partial charge in [0.1, 0.15) is 0 Å². The fourth-order valence-electron chi connectivity index (χ4n) is 4.28. The molecule has 1 aromatic carbocycles. The van der Waals surface area contributed by atoms with Crippen molar-refractivity contribution in [3.63, 3.8) is 0 Å². The summed E-state index contributed by atoms with van der Waals surface area (Å²) in [5, 5.41) is 0. The number of carbonyl (C=O) groups is 1. The van der Waals surface area contributed by atoms with Crippen LogP contribution in [0, 0.1) is 0 Å². The highest BCUT2D eigenvalue weighted by Gasteiger charge is 2.20. The minimum atomic E-state index is -0.0747. The van der Waals surface area contributed by atoms with Crippen LogP contribution < -0.4 is 10.6 Å². The fraction of sp³-hybridized carbons (Fsp3) is 0.542. The number of likely N-dealkylation sites (N-methyl/N-ethyl adjacent to an activating group) is 1. The zero-order chi connectivity index (χ0) is 23.0. The van der Waals surface area contributed by atoms with E-state index in [0.717, 1.165) is 88.2 Å². The standard InChI is InChI=1S/C24H35N7O2/c1-28(23(32)16-25)19-20-3-2-4-21(15-20)22-17-26-24(27-18-22)31-9-7-29(8-10-31)5-6-30-11-13-33-14-12-30/h2-4,15,17-18H,5-14,16,19,25H2,1H3. The summed E-state index contributed by atoms with van der Waals surface area (Å²) < 4.78 is 5.43. The number of benzene rings is 1. The average molecular weight is 454 g/mol. The summed E-state index contributed by atoms with van der Waals surface area (Å²) in [6.45, 7) is 10.5. The van der Waals surface area contributed by atoms with Crippen LogP contribution in [0.1, 0.15) is 5.56 Å². The Morgan fingerprint density at radius 2 is 1.67 bits per heavy atom. The minimum absolute atomic E-state index is 0.0215. The highest BCUT2D eigenvalue weighted by Crippen LogP contribution is 2.21. The molecule has 9 nitrogen and oxygen atoms in total. The van der Waals surface area contributed by atoms with E-state index in [9.17, 15) is 4.79 Å². The van der Waals surface area contributed by atoms with Crippen molar-refractivity contribution in [2.24, 2.45) is 5.73 Å². The van der Waals surface area contributed by atoms with E-state index in [2.05, 4.69) is 30.7 Å². The predicted molar refractivity (Wildman–Crippen MR) is 129 cm³/mol. The van der Waals surface area contributed by atoms with E-state index in [4.69, 9.17) is 10.5 Å². The van der Waals surface area contributed by atoms with Crippen LogP contribution in [0.25, 0.3) is 11.1 Å². The van der Waals surface area contributed by atoms with E-state index in [1.54, 1.807) is 11.9 Å². The molecule has 2 aromatic rings. The normalized spacial score (nSPS) is 17.8. The first-order valence-electron chi connectivity index (χ1n) is 11.7. The molecule has 0 radical (unpaired) electrons. The number of rotatable bonds is 8. The molecule has 0 bridgehead atoms. The van der Waals surface area contributed by atoms with Crippen LogP contribution in [0.3, 0.4) is 0 Å². The van der Waals surface area contributed by atoms with Gasteiger partial charge in [-0.15, -0.1) is 0 Å². The van der Waals surface area contributed by atoms with E-state index in [-0.39, 0.29) is 12.5 Å². The van der Waals surface area contributed by atoms with Crippen molar-refractivity contribution in [3.05, 3.63) is 42.2 Å². The number of morpholine rings is 1. The van der Waals surface area contributed by atoms with Crippen LogP contribution in [0.15, 0.2) is 36.7 Å². The van der Waals surface area contributed by atoms with Gasteiger partial charge in [0, 0.05) is 83.9 Å². The molecule has 9 heteroatoms. The molecule has 1 aromatic heterocycles. The van der Waals surface area contributed by atoms with E-state index < -0.39 is 0 Å². The molecule has 0 spiro atoms. The maximum absolute atomic E-state index is 11.8. The van der Waals surface area contributed by atoms with Crippen molar-refractivity contribution in [1.82, 2.24) is 24.7 Å². The quantitative estimate of drug-likeness (QED) is 0.619. The number of hydrogen-bond acceptors (Lipinski definition) is 8.